The number of rotatable bonds is 1. The van der Waals surface area contributed by atoms with Gasteiger partial charge in [-0.05, 0) is 23.5 Å². The van der Waals surface area contributed by atoms with Crippen LogP contribution in [0, 0.1) is 0 Å². The molecule has 0 heterocycles. The van der Waals surface area contributed by atoms with E-state index in [4.69, 9.17) is 5.73 Å². The maximum absolute atomic E-state index is 5.77. The summed E-state index contributed by atoms with van der Waals surface area (Å²) in [5.74, 6) is 0. The van der Waals surface area contributed by atoms with Crippen LogP contribution in [0.5, 0.6) is 0 Å². The molecule has 1 unspecified atom stereocenters. The first-order valence-corrected chi connectivity index (χ1v) is 4.77. The van der Waals surface area contributed by atoms with Crippen molar-refractivity contribution in [2.24, 2.45) is 5.73 Å². The highest BCUT2D eigenvalue weighted by atomic mass is 35.5. The quantitative estimate of drug-likeness (QED) is 0.760. The number of hydrogen-bond acceptors (Lipinski definition) is 1. The Balaban J connectivity index is 0.00000169. The van der Waals surface area contributed by atoms with Gasteiger partial charge in [0, 0.05) is 6.04 Å². The average Bonchev–Trinajstić information content (AvgIpc) is 2.03. The normalized spacial score (nSPS) is 13.2. The molecule has 0 radical (unpaired) electrons. The highest BCUT2D eigenvalue weighted by Crippen LogP contribution is 2.23. The summed E-state index contributed by atoms with van der Waals surface area (Å²) in [7, 11) is 0. The monoisotopic (exact) mass is 213 g/mol. The smallest absolute Gasteiger partial charge is 0.0266 e. The van der Waals surface area contributed by atoms with Crippen LogP contribution in [0.4, 0.5) is 0 Å². The van der Waals surface area contributed by atoms with E-state index in [-0.39, 0.29) is 23.9 Å². The first-order chi connectivity index (χ1) is 5.91. The van der Waals surface area contributed by atoms with Crippen LogP contribution in [-0.2, 0) is 5.41 Å². The number of hydrogen-bond donors (Lipinski definition) is 1. The summed E-state index contributed by atoms with van der Waals surface area (Å²) in [6.07, 6.45) is 0. The molecule has 0 spiro atoms. The molecule has 1 aromatic rings. The molecule has 14 heavy (non-hydrogen) atoms. The molecule has 1 nitrogen and oxygen atoms in total. The molecule has 80 valence electrons. The molecule has 0 saturated carbocycles. The van der Waals surface area contributed by atoms with E-state index in [1.807, 2.05) is 6.92 Å². The Bertz CT molecular complexity index is 269. The van der Waals surface area contributed by atoms with E-state index in [9.17, 15) is 0 Å². The molecule has 2 N–H and O–H groups in total. The van der Waals surface area contributed by atoms with Crippen molar-refractivity contribution < 1.29 is 0 Å². The van der Waals surface area contributed by atoms with Gasteiger partial charge in [-0.15, -0.1) is 12.4 Å². The SMILES string of the molecule is CC(N)c1ccc(C(C)(C)C)cc1.Cl. The van der Waals surface area contributed by atoms with E-state index < -0.39 is 0 Å². The third-order valence-electron chi connectivity index (χ3n) is 2.30. The van der Waals surface area contributed by atoms with Crippen LogP contribution in [0.2, 0.25) is 0 Å². The Kier molecular flexibility index (Phi) is 4.63. The average molecular weight is 214 g/mol. The van der Waals surface area contributed by atoms with Gasteiger partial charge in [0.1, 0.15) is 0 Å². The van der Waals surface area contributed by atoms with Gasteiger partial charge in [-0.25, -0.2) is 0 Å². The molecule has 2 heteroatoms. The molecular weight excluding hydrogens is 194 g/mol. The lowest BCUT2D eigenvalue weighted by molar-refractivity contribution is 0.589. The molecule has 0 aromatic heterocycles. The van der Waals surface area contributed by atoms with Crippen LogP contribution >= 0.6 is 12.4 Å². The topological polar surface area (TPSA) is 26.0 Å². The first-order valence-electron chi connectivity index (χ1n) is 4.77. The number of nitrogens with two attached hydrogens (primary N) is 1. The van der Waals surface area contributed by atoms with Gasteiger partial charge in [-0.1, -0.05) is 45.0 Å². The molecule has 0 bridgehead atoms. The molecule has 1 atom stereocenters. The van der Waals surface area contributed by atoms with Crippen molar-refractivity contribution in [1.82, 2.24) is 0 Å². The lowest BCUT2D eigenvalue weighted by Gasteiger charge is -2.19. The zero-order valence-electron chi connectivity index (χ0n) is 9.37. The zero-order chi connectivity index (χ0) is 10.1. The molecule has 0 aliphatic heterocycles. The van der Waals surface area contributed by atoms with Gasteiger partial charge < -0.3 is 5.73 Å². The molecule has 0 saturated heterocycles. The van der Waals surface area contributed by atoms with Crippen LogP contribution in [0.3, 0.4) is 0 Å². The highest BCUT2D eigenvalue weighted by molar-refractivity contribution is 5.85. The second kappa shape index (κ2) is 4.81. The van der Waals surface area contributed by atoms with E-state index in [1.165, 1.54) is 11.1 Å². The summed E-state index contributed by atoms with van der Waals surface area (Å²) in [6, 6.07) is 8.70. The highest BCUT2D eigenvalue weighted by Gasteiger charge is 2.12. The Labute approximate surface area is 93.1 Å². The predicted octanol–water partition coefficient (Wildman–Crippen LogP) is 3.43. The maximum atomic E-state index is 5.77. The van der Waals surface area contributed by atoms with Crippen molar-refractivity contribution in [2.75, 3.05) is 0 Å². The molecule has 1 rings (SSSR count). The summed E-state index contributed by atoms with van der Waals surface area (Å²) in [5, 5.41) is 0. The van der Waals surface area contributed by atoms with E-state index >= 15 is 0 Å². The van der Waals surface area contributed by atoms with Crippen LogP contribution in [0.25, 0.3) is 0 Å². The van der Waals surface area contributed by atoms with Crippen molar-refractivity contribution in [3.8, 4) is 0 Å². The fraction of sp³-hybridized carbons (Fsp3) is 0.500. The molecular formula is C12H20ClN. The molecule has 0 aliphatic rings. The van der Waals surface area contributed by atoms with Gasteiger partial charge in [0.05, 0.1) is 0 Å². The van der Waals surface area contributed by atoms with Crippen LogP contribution < -0.4 is 5.73 Å². The van der Waals surface area contributed by atoms with E-state index in [2.05, 4.69) is 45.0 Å². The zero-order valence-corrected chi connectivity index (χ0v) is 10.2. The van der Waals surface area contributed by atoms with Crippen molar-refractivity contribution in [3.05, 3.63) is 35.4 Å². The minimum Gasteiger partial charge on any atom is -0.324 e. The Morgan fingerprint density at radius 1 is 1.07 bits per heavy atom. The molecule has 0 amide bonds. The van der Waals surface area contributed by atoms with Crippen molar-refractivity contribution in [1.29, 1.82) is 0 Å². The molecule has 0 fully saturated rings. The van der Waals surface area contributed by atoms with E-state index in [1.54, 1.807) is 0 Å². The second-order valence-corrected chi connectivity index (χ2v) is 4.66. The maximum Gasteiger partial charge on any atom is 0.0266 e. The number of benzene rings is 1. The Morgan fingerprint density at radius 2 is 1.50 bits per heavy atom. The minimum atomic E-state index is 0. The second-order valence-electron chi connectivity index (χ2n) is 4.66. The Morgan fingerprint density at radius 3 is 1.79 bits per heavy atom. The molecule has 1 aromatic carbocycles. The van der Waals surface area contributed by atoms with Gasteiger partial charge in [-0.3, -0.25) is 0 Å². The first kappa shape index (κ1) is 13.5. The third-order valence-corrected chi connectivity index (χ3v) is 2.30. The van der Waals surface area contributed by atoms with Crippen LogP contribution in [0.1, 0.15) is 44.9 Å². The standard InChI is InChI=1S/C12H19N.ClH/c1-9(13)10-5-7-11(8-6-10)12(2,3)4;/h5-9H,13H2,1-4H3;1H. The summed E-state index contributed by atoms with van der Waals surface area (Å²) in [4.78, 5) is 0. The fourth-order valence-electron chi connectivity index (χ4n) is 1.29. The third kappa shape index (κ3) is 3.32. The largest absolute Gasteiger partial charge is 0.324 e. The van der Waals surface area contributed by atoms with Gasteiger partial charge in [0.2, 0.25) is 0 Å². The van der Waals surface area contributed by atoms with Gasteiger partial charge in [0.15, 0.2) is 0 Å². The van der Waals surface area contributed by atoms with Crippen LogP contribution in [0.15, 0.2) is 24.3 Å². The Hall–Kier alpha value is -0.530. The summed E-state index contributed by atoms with van der Waals surface area (Å²) in [5.41, 5.74) is 8.57. The van der Waals surface area contributed by atoms with Gasteiger partial charge in [-0.2, -0.15) is 0 Å². The fourth-order valence-corrected chi connectivity index (χ4v) is 1.29. The van der Waals surface area contributed by atoms with E-state index in [0.29, 0.717) is 0 Å². The summed E-state index contributed by atoms with van der Waals surface area (Å²) < 4.78 is 0. The minimum absolute atomic E-state index is 0. The predicted molar refractivity (Wildman–Crippen MR) is 65.0 cm³/mol. The lowest BCUT2D eigenvalue weighted by atomic mass is 9.86. The van der Waals surface area contributed by atoms with Crippen molar-refractivity contribution in [3.63, 3.8) is 0 Å². The van der Waals surface area contributed by atoms with Crippen molar-refractivity contribution in [2.45, 2.75) is 39.2 Å². The molecule has 0 aliphatic carbocycles. The number of halogens is 1. The summed E-state index contributed by atoms with van der Waals surface area (Å²) in [6.45, 7) is 8.65. The van der Waals surface area contributed by atoms with Gasteiger partial charge in [0.25, 0.3) is 0 Å². The van der Waals surface area contributed by atoms with Gasteiger partial charge >= 0.3 is 0 Å². The van der Waals surface area contributed by atoms with Crippen molar-refractivity contribution >= 4 is 12.4 Å². The lowest BCUT2D eigenvalue weighted by Crippen LogP contribution is -2.11. The van der Waals surface area contributed by atoms with Crippen LogP contribution in [-0.4, -0.2) is 0 Å². The van der Waals surface area contributed by atoms with E-state index in [0.717, 1.165) is 0 Å². The summed E-state index contributed by atoms with van der Waals surface area (Å²) >= 11 is 0.